The van der Waals surface area contributed by atoms with Crippen molar-refractivity contribution in [1.82, 2.24) is 0 Å². The molecule has 104 valence electrons. The summed E-state index contributed by atoms with van der Waals surface area (Å²) in [5.74, 6) is -0.0396. The van der Waals surface area contributed by atoms with Crippen molar-refractivity contribution in [2.45, 2.75) is 0 Å². The molecular formula is C15H14Cl2N2O. The van der Waals surface area contributed by atoms with E-state index in [1.807, 2.05) is 30.3 Å². The van der Waals surface area contributed by atoms with Crippen molar-refractivity contribution in [2.75, 3.05) is 23.8 Å². The topological polar surface area (TPSA) is 32.3 Å². The van der Waals surface area contributed by atoms with E-state index < -0.39 is 0 Å². The molecule has 0 saturated carbocycles. The first-order valence-electron chi connectivity index (χ1n) is 6.08. The van der Waals surface area contributed by atoms with E-state index in [2.05, 4.69) is 5.32 Å². The van der Waals surface area contributed by atoms with E-state index in [1.54, 1.807) is 30.1 Å². The first kappa shape index (κ1) is 14.7. The summed E-state index contributed by atoms with van der Waals surface area (Å²) in [6.45, 7) is 0.184. The Bertz CT molecular complexity index is 602. The predicted molar refractivity (Wildman–Crippen MR) is 84.8 cm³/mol. The van der Waals surface area contributed by atoms with Gasteiger partial charge in [0.1, 0.15) is 0 Å². The normalized spacial score (nSPS) is 10.2. The molecule has 0 aliphatic rings. The molecule has 0 heterocycles. The van der Waals surface area contributed by atoms with Crippen LogP contribution in [0.4, 0.5) is 11.4 Å². The quantitative estimate of drug-likeness (QED) is 0.923. The Morgan fingerprint density at radius 2 is 1.80 bits per heavy atom. The molecule has 0 atom stereocenters. The van der Waals surface area contributed by atoms with Gasteiger partial charge in [-0.3, -0.25) is 4.79 Å². The lowest BCUT2D eigenvalue weighted by Crippen LogP contribution is -2.32. The van der Waals surface area contributed by atoms with Gasteiger partial charge in [-0.05, 0) is 30.3 Å². The number of benzene rings is 2. The molecule has 0 aromatic heterocycles. The Morgan fingerprint density at radius 3 is 2.45 bits per heavy atom. The van der Waals surface area contributed by atoms with Crippen LogP contribution >= 0.6 is 23.2 Å². The SMILES string of the molecule is CN(C(=O)CNc1ccc(Cl)c(Cl)c1)c1ccccc1. The molecule has 5 heteroatoms. The smallest absolute Gasteiger partial charge is 0.246 e. The monoisotopic (exact) mass is 308 g/mol. The second-order valence-electron chi connectivity index (χ2n) is 4.27. The van der Waals surface area contributed by atoms with Crippen LogP contribution < -0.4 is 10.2 Å². The molecule has 2 rings (SSSR count). The van der Waals surface area contributed by atoms with Crippen LogP contribution in [0.25, 0.3) is 0 Å². The number of nitrogens with one attached hydrogen (secondary N) is 1. The third-order valence-electron chi connectivity index (χ3n) is 2.88. The van der Waals surface area contributed by atoms with E-state index in [0.717, 1.165) is 11.4 Å². The minimum Gasteiger partial charge on any atom is -0.376 e. The number of anilines is 2. The molecule has 1 N–H and O–H groups in total. The number of halogens is 2. The number of amides is 1. The van der Waals surface area contributed by atoms with Gasteiger partial charge in [-0.15, -0.1) is 0 Å². The van der Waals surface area contributed by atoms with Gasteiger partial charge >= 0.3 is 0 Å². The number of para-hydroxylation sites is 1. The average molecular weight is 309 g/mol. The lowest BCUT2D eigenvalue weighted by Gasteiger charge is -2.18. The predicted octanol–water partition coefficient (Wildman–Crippen LogP) is 4.07. The minimum absolute atomic E-state index is 0.0396. The summed E-state index contributed by atoms with van der Waals surface area (Å²) < 4.78 is 0. The van der Waals surface area contributed by atoms with Crippen LogP contribution in [-0.2, 0) is 4.79 Å². The van der Waals surface area contributed by atoms with E-state index in [-0.39, 0.29) is 12.5 Å². The van der Waals surface area contributed by atoms with E-state index in [0.29, 0.717) is 10.0 Å². The summed E-state index contributed by atoms with van der Waals surface area (Å²) in [7, 11) is 1.74. The van der Waals surface area contributed by atoms with Crippen LogP contribution in [0, 0.1) is 0 Å². The number of nitrogens with zero attached hydrogens (tertiary/aromatic N) is 1. The van der Waals surface area contributed by atoms with Gasteiger partial charge in [-0.2, -0.15) is 0 Å². The summed E-state index contributed by atoms with van der Waals surface area (Å²) >= 11 is 11.8. The van der Waals surface area contributed by atoms with Gasteiger partial charge in [-0.1, -0.05) is 41.4 Å². The summed E-state index contributed by atoms with van der Waals surface area (Å²) in [4.78, 5) is 13.7. The van der Waals surface area contributed by atoms with Crippen LogP contribution in [0.3, 0.4) is 0 Å². The number of carbonyl (C=O) groups excluding carboxylic acids is 1. The average Bonchev–Trinajstić information content (AvgIpc) is 2.48. The van der Waals surface area contributed by atoms with Crippen LogP contribution in [0.15, 0.2) is 48.5 Å². The molecule has 0 unspecified atom stereocenters. The standard InChI is InChI=1S/C15H14Cl2N2O/c1-19(12-5-3-2-4-6-12)15(20)10-18-11-7-8-13(16)14(17)9-11/h2-9,18H,10H2,1H3. The molecule has 0 saturated heterocycles. The second-order valence-corrected chi connectivity index (χ2v) is 5.09. The molecule has 0 aliphatic carbocycles. The van der Waals surface area contributed by atoms with Gasteiger partial charge in [0.05, 0.1) is 16.6 Å². The van der Waals surface area contributed by atoms with E-state index in [9.17, 15) is 4.79 Å². The van der Waals surface area contributed by atoms with Crippen molar-refractivity contribution in [3.05, 3.63) is 58.6 Å². The number of rotatable bonds is 4. The minimum atomic E-state index is -0.0396. The zero-order valence-corrected chi connectivity index (χ0v) is 12.4. The number of hydrogen-bond donors (Lipinski definition) is 1. The zero-order chi connectivity index (χ0) is 14.5. The highest BCUT2D eigenvalue weighted by molar-refractivity contribution is 6.42. The fourth-order valence-corrected chi connectivity index (χ4v) is 2.00. The highest BCUT2D eigenvalue weighted by atomic mass is 35.5. The fraction of sp³-hybridized carbons (Fsp3) is 0.133. The van der Waals surface area contributed by atoms with Gasteiger partial charge in [0.25, 0.3) is 0 Å². The zero-order valence-electron chi connectivity index (χ0n) is 10.9. The van der Waals surface area contributed by atoms with Crippen LogP contribution in [0.5, 0.6) is 0 Å². The van der Waals surface area contributed by atoms with Crippen molar-refractivity contribution >= 4 is 40.5 Å². The lowest BCUT2D eigenvalue weighted by molar-refractivity contribution is -0.116. The lowest BCUT2D eigenvalue weighted by atomic mass is 10.3. The van der Waals surface area contributed by atoms with Gasteiger partial charge in [0, 0.05) is 18.4 Å². The molecule has 0 fully saturated rings. The Hall–Kier alpha value is -1.71. The highest BCUT2D eigenvalue weighted by Gasteiger charge is 2.10. The molecule has 0 aliphatic heterocycles. The Labute approximate surface area is 128 Å². The molecule has 20 heavy (non-hydrogen) atoms. The molecule has 1 amide bonds. The van der Waals surface area contributed by atoms with Crippen molar-refractivity contribution < 1.29 is 4.79 Å². The molecule has 3 nitrogen and oxygen atoms in total. The fourth-order valence-electron chi connectivity index (χ4n) is 1.70. The van der Waals surface area contributed by atoms with Gasteiger partial charge < -0.3 is 10.2 Å². The molecule has 2 aromatic rings. The molecule has 0 radical (unpaired) electrons. The second kappa shape index (κ2) is 6.64. The third-order valence-corrected chi connectivity index (χ3v) is 3.62. The largest absolute Gasteiger partial charge is 0.376 e. The Morgan fingerprint density at radius 1 is 1.10 bits per heavy atom. The molecule has 0 bridgehead atoms. The van der Waals surface area contributed by atoms with E-state index in [1.165, 1.54) is 0 Å². The van der Waals surface area contributed by atoms with Crippen molar-refractivity contribution in [3.63, 3.8) is 0 Å². The van der Waals surface area contributed by atoms with Gasteiger partial charge in [0.15, 0.2) is 0 Å². The van der Waals surface area contributed by atoms with Crippen LogP contribution in [-0.4, -0.2) is 19.5 Å². The summed E-state index contributed by atoms with van der Waals surface area (Å²) in [6, 6.07) is 14.6. The van der Waals surface area contributed by atoms with E-state index in [4.69, 9.17) is 23.2 Å². The number of carbonyl (C=O) groups is 1. The van der Waals surface area contributed by atoms with Gasteiger partial charge in [-0.25, -0.2) is 0 Å². The van der Waals surface area contributed by atoms with Gasteiger partial charge in [0.2, 0.25) is 5.91 Å². The Balaban J connectivity index is 1.96. The first-order valence-corrected chi connectivity index (χ1v) is 6.84. The molecule has 2 aromatic carbocycles. The maximum Gasteiger partial charge on any atom is 0.246 e. The number of likely N-dealkylation sites (N-methyl/N-ethyl adjacent to an activating group) is 1. The summed E-state index contributed by atoms with van der Waals surface area (Å²) in [5.41, 5.74) is 1.61. The third kappa shape index (κ3) is 3.65. The maximum atomic E-state index is 12.1. The van der Waals surface area contributed by atoms with Crippen molar-refractivity contribution in [3.8, 4) is 0 Å². The molecular weight excluding hydrogens is 295 g/mol. The Kier molecular flexibility index (Phi) is 4.88. The highest BCUT2D eigenvalue weighted by Crippen LogP contribution is 2.24. The summed E-state index contributed by atoms with van der Waals surface area (Å²) in [6.07, 6.45) is 0. The van der Waals surface area contributed by atoms with E-state index >= 15 is 0 Å². The van der Waals surface area contributed by atoms with Crippen LogP contribution in [0.1, 0.15) is 0 Å². The first-order chi connectivity index (χ1) is 9.58. The maximum absolute atomic E-state index is 12.1. The van der Waals surface area contributed by atoms with Crippen molar-refractivity contribution in [1.29, 1.82) is 0 Å². The summed E-state index contributed by atoms with van der Waals surface area (Å²) in [5, 5.41) is 3.98. The number of hydrogen-bond acceptors (Lipinski definition) is 2. The molecule has 0 spiro atoms. The van der Waals surface area contributed by atoms with Crippen molar-refractivity contribution in [2.24, 2.45) is 0 Å². The van der Waals surface area contributed by atoms with Crippen LogP contribution in [0.2, 0.25) is 10.0 Å².